The molecule has 0 saturated heterocycles. The van der Waals surface area contributed by atoms with Gasteiger partial charge in [-0.2, -0.15) is 5.26 Å². The van der Waals surface area contributed by atoms with Gasteiger partial charge in [0.05, 0.1) is 17.7 Å². The number of nitrogens with one attached hydrogen (secondary N) is 1. The van der Waals surface area contributed by atoms with Crippen molar-refractivity contribution in [2.24, 2.45) is 5.41 Å². The summed E-state index contributed by atoms with van der Waals surface area (Å²) in [6.07, 6.45) is -0.854. The lowest BCUT2D eigenvalue weighted by molar-refractivity contribution is -0.128. The van der Waals surface area contributed by atoms with Crippen molar-refractivity contribution in [3.63, 3.8) is 0 Å². The van der Waals surface area contributed by atoms with E-state index in [4.69, 9.17) is 4.74 Å². The molecule has 6 nitrogen and oxygen atoms in total. The maximum atomic E-state index is 12.4. The summed E-state index contributed by atoms with van der Waals surface area (Å²) in [7, 11) is 0. The molecule has 3 rings (SSSR count). The number of carbonyl (C=O) groups excluding carboxylic acids is 1. The van der Waals surface area contributed by atoms with Crippen LogP contribution < -0.4 is 15.0 Å². The van der Waals surface area contributed by atoms with E-state index in [1.165, 1.54) is 0 Å². The smallest absolute Gasteiger partial charge is 0.225 e. The minimum atomic E-state index is -0.854. The summed E-state index contributed by atoms with van der Waals surface area (Å²) in [4.78, 5) is 14.5. The highest BCUT2D eigenvalue weighted by Gasteiger charge is 2.45. The highest BCUT2D eigenvalue weighted by Crippen LogP contribution is 2.44. The number of fused-ring (bicyclic) bond motifs is 1. The summed E-state index contributed by atoms with van der Waals surface area (Å²) in [6.45, 7) is 10.3. The van der Waals surface area contributed by atoms with Gasteiger partial charge in [0.15, 0.2) is 0 Å². The van der Waals surface area contributed by atoms with Crippen molar-refractivity contribution in [3.8, 4) is 11.8 Å². The number of nitrogens with zero attached hydrogens (tertiary/aromatic N) is 2. The van der Waals surface area contributed by atoms with Crippen molar-refractivity contribution < 1.29 is 14.6 Å². The van der Waals surface area contributed by atoms with Gasteiger partial charge in [0, 0.05) is 29.8 Å². The van der Waals surface area contributed by atoms with Crippen LogP contribution in [0.2, 0.25) is 0 Å². The van der Waals surface area contributed by atoms with Gasteiger partial charge in [-0.1, -0.05) is 39.0 Å². The van der Waals surface area contributed by atoms with Crippen LogP contribution >= 0.6 is 0 Å². The number of benzene rings is 2. The van der Waals surface area contributed by atoms with Gasteiger partial charge in [-0.15, -0.1) is 0 Å². The van der Waals surface area contributed by atoms with E-state index in [2.05, 4.69) is 16.3 Å². The van der Waals surface area contributed by atoms with E-state index in [0.29, 0.717) is 24.4 Å². The summed E-state index contributed by atoms with van der Waals surface area (Å²) in [5, 5.41) is 23.8. The van der Waals surface area contributed by atoms with Crippen LogP contribution in [0.25, 0.3) is 0 Å². The zero-order valence-corrected chi connectivity index (χ0v) is 18.8. The van der Waals surface area contributed by atoms with E-state index < -0.39 is 23.2 Å². The van der Waals surface area contributed by atoms with Gasteiger partial charge >= 0.3 is 0 Å². The maximum absolute atomic E-state index is 12.4. The van der Waals surface area contributed by atoms with E-state index in [-0.39, 0.29) is 5.91 Å². The number of anilines is 1. The quantitative estimate of drug-likeness (QED) is 0.767. The summed E-state index contributed by atoms with van der Waals surface area (Å²) >= 11 is 0. The minimum absolute atomic E-state index is 0.0273. The van der Waals surface area contributed by atoms with Gasteiger partial charge in [-0.25, -0.2) is 0 Å². The van der Waals surface area contributed by atoms with Crippen molar-refractivity contribution in [2.45, 2.75) is 52.4 Å². The number of hydrogen-bond donors (Lipinski definition) is 2. The second-order valence-electron chi connectivity index (χ2n) is 9.49. The van der Waals surface area contributed by atoms with Gasteiger partial charge in [0.2, 0.25) is 5.91 Å². The van der Waals surface area contributed by atoms with Crippen LogP contribution in [0.5, 0.6) is 5.75 Å². The van der Waals surface area contributed by atoms with E-state index in [1.54, 1.807) is 18.2 Å². The topological polar surface area (TPSA) is 85.6 Å². The lowest BCUT2D eigenvalue weighted by atomic mass is 9.84. The fourth-order valence-electron chi connectivity index (χ4n) is 3.78. The molecule has 2 N–H and O–H groups in total. The number of hydrogen-bond acceptors (Lipinski definition) is 5. The van der Waals surface area contributed by atoms with Crippen LogP contribution in [-0.2, 0) is 4.79 Å². The van der Waals surface area contributed by atoms with E-state index in [9.17, 15) is 15.2 Å². The zero-order valence-electron chi connectivity index (χ0n) is 18.8. The van der Waals surface area contributed by atoms with Gasteiger partial charge in [0.25, 0.3) is 0 Å². The molecular weight excluding hydrogens is 390 g/mol. The second kappa shape index (κ2) is 8.60. The Hall–Kier alpha value is -3.04. The van der Waals surface area contributed by atoms with Gasteiger partial charge in [0.1, 0.15) is 17.5 Å². The number of aliphatic hydroxyl groups is 1. The molecule has 164 valence electrons. The Morgan fingerprint density at radius 2 is 1.90 bits per heavy atom. The average Bonchev–Trinajstić information content (AvgIpc) is 2.72. The molecule has 0 spiro atoms. The van der Waals surface area contributed by atoms with E-state index in [1.807, 2.05) is 65.0 Å². The van der Waals surface area contributed by atoms with Crippen molar-refractivity contribution in [3.05, 3.63) is 59.7 Å². The molecule has 1 heterocycles. The number of rotatable bonds is 5. The van der Waals surface area contributed by atoms with Crippen LogP contribution in [0.15, 0.2) is 48.5 Å². The molecule has 1 amide bonds. The molecule has 0 bridgehead atoms. The van der Waals surface area contributed by atoms with Crippen molar-refractivity contribution in [1.29, 1.82) is 5.26 Å². The first-order valence-corrected chi connectivity index (χ1v) is 10.6. The van der Waals surface area contributed by atoms with E-state index in [0.717, 1.165) is 11.3 Å². The second-order valence-corrected chi connectivity index (χ2v) is 9.49. The van der Waals surface area contributed by atoms with Crippen molar-refractivity contribution in [1.82, 2.24) is 5.32 Å². The first-order chi connectivity index (χ1) is 14.5. The van der Waals surface area contributed by atoms with Crippen LogP contribution in [-0.4, -0.2) is 35.8 Å². The average molecular weight is 422 g/mol. The SMILES string of the molecule is CC(C)(C)C(=O)NCCN(c1ccccc1)C1c2cc(C#N)ccc2OC(C)(C)C1O. The predicted octanol–water partition coefficient (Wildman–Crippen LogP) is 3.80. The van der Waals surface area contributed by atoms with Crippen LogP contribution in [0, 0.1) is 16.7 Å². The standard InChI is InChI=1S/C25H31N3O3/c1-24(2,3)23(30)27-13-14-28(18-9-7-6-8-10-18)21-19-15-17(16-26)11-12-20(19)31-25(4,5)22(21)29/h6-12,15,21-22,29H,13-14H2,1-5H3,(H,27,30). The van der Waals surface area contributed by atoms with Gasteiger partial charge in [-0.3, -0.25) is 4.79 Å². The summed E-state index contributed by atoms with van der Waals surface area (Å²) < 4.78 is 6.08. The molecule has 2 aromatic carbocycles. The highest BCUT2D eigenvalue weighted by molar-refractivity contribution is 5.81. The fourth-order valence-corrected chi connectivity index (χ4v) is 3.78. The number of para-hydroxylation sites is 1. The zero-order chi connectivity index (χ0) is 22.8. The molecular formula is C25H31N3O3. The Bertz CT molecular complexity index is 974. The summed E-state index contributed by atoms with van der Waals surface area (Å²) in [5.41, 5.74) is 0.882. The maximum Gasteiger partial charge on any atom is 0.225 e. The number of ether oxygens (including phenoxy) is 1. The number of nitriles is 1. The summed E-state index contributed by atoms with van der Waals surface area (Å²) in [5.74, 6) is 0.625. The molecule has 0 radical (unpaired) electrons. The highest BCUT2D eigenvalue weighted by atomic mass is 16.5. The largest absolute Gasteiger partial charge is 0.485 e. The van der Waals surface area contributed by atoms with Crippen molar-refractivity contribution >= 4 is 11.6 Å². The Labute approximate surface area is 184 Å². The molecule has 6 heteroatoms. The normalized spacial score (nSPS) is 19.5. The summed E-state index contributed by atoms with van der Waals surface area (Å²) in [6, 6.07) is 16.8. The number of aliphatic hydroxyl groups excluding tert-OH is 1. The molecule has 0 fully saturated rings. The number of carbonyl (C=O) groups is 1. The molecule has 2 aromatic rings. The molecule has 2 unspecified atom stereocenters. The van der Waals surface area contributed by atoms with Crippen LogP contribution in [0.3, 0.4) is 0 Å². The molecule has 0 aromatic heterocycles. The van der Waals surface area contributed by atoms with Crippen molar-refractivity contribution in [2.75, 3.05) is 18.0 Å². The molecule has 1 aliphatic heterocycles. The monoisotopic (exact) mass is 421 g/mol. The molecule has 0 saturated carbocycles. The first-order valence-electron chi connectivity index (χ1n) is 10.6. The van der Waals surface area contributed by atoms with Crippen LogP contribution in [0.4, 0.5) is 5.69 Å². The minimum Gasteiger partial charge on any atom is -0.485 e. The van der Waals surface area contributed by atoms with Gasteiger partial charge in [-0.05, 0) is 44.2 Å². The Morgan fingerprint density at radius 3 is 2.52 bits per heavy atom. The third-order valence-corrected chi connectivity index (χ3v) is 5.58. The van der Waals surface area contributed by atoms with Crippen LogP contribution in [0.1, 0.15) is 51.8 Å². The third-order valence-electron chi connectivity index (χ3n) is 5.58. The molecule has 2 atom stereocenters. The number of amides is 1. The van der Waals surface area contributed by atoms with E-state index >= 15 is 0 Å². The Kier molecular flexibility index (Phi) is 6.28. The Morgan fingerprint density at radius 1 is 1.23 bits per heavy atom. The molecule has 31 heavy (non-hydrogen) atoms. The lowest BCUT2D eigenvalue weighted by Gasteiger charge is -2.47. The first kappa shape index (κ1) is 22.6. The third kappa shape index (κ3) is 4.83. The molecule has 1 aliphatic rings. The lowest BCUT2D eigenvalue weighted by Crippen LogP contribution is -2.54. The predicted molar refractivity (Wildman–Crippen MR) is 121 cm³/mol. The van der Waals surface area contributed by atoms with Gasteiger partial charge < -0.3 is 20.1 Å². The Balaban J connectivity index is 2.01. The molecule has 0 aliphatic carbocycles. The fraction of sp³-hybridized carbons (Fsp3) is 0.440.